The van der Waals surface area contributed by atoms with Gasteiger partial charge >= 0.3 is 0 Å². The summed E-state index contributed by atoms with van der Waals surface area (Å²) in [5.41, 5.74) is 8.19. The molecular formula is C12H10N4O. The Morgan fingerprint density at radius 1 is 1.12 bits per heavy atom. The lowest BCUT2D eigenvalue weighted by atomic mass is 10.1. The van der Waals surface area contributed by atoms with Crippen molar-refractivity contribution >= 4 is 11.5 Å². The fourth-order valence-electron chi connectivity index (χ4n) is 1.73. The van der Waals surface area contributed by atoms with Crippen molar-refractivity contribution in [2.75, 3.05) is 5.73 Å². The van der Waals surface area contributed by atoms with Crippen molar-refractivity contribution in [3.05, 3.63) is 42.7 Å². The van der Waals surface area contributed by atoms with Crippen LogP contribution in [0.4, 0.5) is 5.82 Å². The molecule has 0 radical (unpaired) electrons. The second kappa shape index (κ2) is 3.48. The van der Waals surface area contributed by atoms with Gasteiger partial charge in [-0.05, 0) is 23.8 Å². The third-order valence-electron chi connectivity index (χ3n) is 2.57. The minimum absolute atomic E-state index is 0.234. The third kappa shape index (κ3) is 1.57. The van der Waals surface area contributed by atoms with Crippen molar-refractivity contribution in [3.63, 3.8) is 0 Å². The minimum atomic E-state index is 0.234. The van der Waals surface area contributed by atoms with Gasteiger partial charge in [-0.1, -0.05) is 12.1 Å². The van der Waals surface area contributed by atoms with E-state index in [1.54, 1.807) is 35.1 Å². The number of nitrogens with zero attached hydrogens (tertiary/aromatic N) is 3. The van der Waals surface area contributed by atoms with E-state index in [0.717, 1.165) is 11.1 Å². The maximum Gasteiger partial charge on any atom is 0.165 e. The highest BCUT2D eigenvalue weighted by Crippen LogP contribution is 2.25. The minimum Gasteiger partial charge on any atom is -0.508 e. The number of phenols is 1. The highest BCUT2D eigenvalue weighted by molar-refractivity contribution is 5.77. The lowest BCUT2D eigenvalue weighted by molar-refractivity contribution is 0.475. The monoisotopic (exact) mass is 226 g/mol. The van der Waals surface area contributed by atoms with Crippen LogP contribution in [-0.4, -0.2) is 19.7 Å². The molecule has 0 aliphatic rings. The van der Waals surface area contributed by atoms with Gasteiger partial charge in [0.15, 0.2) is 5.65 Å². The molecule has 3 rings (SSSR count). The maximum absolute atomic E-state index is 9.26. The number of phenolic OH excluding ortho intramolecular Hbond substituents is 1. The van der Waals surface area contributed by atoms with E-state index in [1.165, 1.54) is 0 Å². The Bertz CT molecular complexity index is 673. The molecule has 17 heavy (non-hydrogen) atoms. The zero-order valence-electron chi connectivity index (χ0n) is 8.91. The van der Waals surface area contributed by atoms with E-state index in [2.05, 4.69) is 10.1 Å². The number of aromatic nitrogens is 3. The normalized spacial score (nSPS) is 10.8. The van der Waals surface area contributed by atoms with Crippen LogP contribution in [0.3, 0.4) is 0 Å². The fourth-order valence-corrected chi connectivity index (χ4v) is 1.73. The van der Waals surface area contributed by atoms with E-state index in [1.807, 2.05) is 12.1 Å². The number of rotatable bonds is 1. The quantitative estimate of drug-likeness (QED) is 0.662. The summed E-state index contributed by atoms with van der Waals surface area (Å²) in [7, 11) is 0. The van der Waals surface area contributed by atoms with Gasteiger partial charge in [-0.15, -0.1) is 0 Å². The van der Waals surface area contributed by atoms with E-state index < -0.39 is 0 Å². The molecule has 0 atom stereocenters. The summed E-state index contributed by atoms with van der Waals surface area (Å²) >= 11 is 0. The Kier molecular flexibility index (Phi) is 1.98. The molecule has 2 aromatic heterocycles. The van der Waals surface area contributed by atoms with Crippen LogP contribution >= 0.6 is 0 Å². The summed E-state index contributed by atoms with van der Waals surface area (Å²) in [6.07, 6.45) is 3.50. The van der Waals surface area contributed by atoms with Gasteiger partial charge in [-0.3, -0.25) is 0 Å². The van der Waals surface area contributed by atoms with Crippen molar-refractivity contribution in [2.24, 2.45) is 0 Å². The van der Waals surface area contributed by atoms with Crippen LogP contribution in [0.15, 0.2) is 42.7 Å². The molecule has 0 amide bonds. The molecule has 3 aromatic rings. The highest BCUT2D eigenvalue weighted by atomic mass is 16.3. The molecule has 5 nitrogen and oxygen atoms in total. The summed E-state index contributed by atoms with van der Waals surface area (Å²) in [6, 6.07) is 8.59. The van der Waals surface area contributed by atoms with Crippen LogP contribution in [0.5, 0.6) is 5.75 Å². The average Bonchev–Trinajstić information content (AvgIpc) is 2.73. The lowest BCUT2D eigenvalue weighted by Gasteiger charge is -2.00. The first-order valence-electron chi connectivity index (χ1n) is 5.13. The fraction of sp³-hybridized carbons (Fsp3) is 0. The Labute approximate surface area is 97.1 Å². The van der Waals surface area contributed by atoms with Crippen molar-refractivity contribution in [3.8, 4) is 16.9 Å². The average molecular weight is 226 g/mol. The Morgan fingerprint density at radius 2 is 1.88 bits per heavy atom. The van der Waals surface area contributed by atoms with Crippen LogP contribution in [0.2, 0.25) is 0 Å². The SMILES string of the molecule is Nc1ccn2ncc(-c3ccc(O)cc3)c2n1. The third-order valence-corrected chi connectivity index (χ3v) is 2.57. The number of fused-ring (bicyclic) bond motifs is 1. The van der Waals surface area contributed by atoms with E-state index in [9.17, 15) is 5.11 Å². The molecule has 0 aliphatic carbocycles. The maximum atomic E-state index is 9.26. The second-order valence-corrected chi connectivity index (χ2v) is 3.73. The van der Waals surface area contributed by atoms with Crippen LogP contribution < -0.4 is 5.73 Å². The number of nitrogen functional groups attached to an aromatic ring is 1. The summed E-state index contributed by atoms with van der Waals surface area (Å²) < 4.78 is 1.67. The molecule has 0 unspecified atom stereocenters. The Balaban J connectivity index is 2.23. The van der Waals surface area contributed by atoms with Gasteiger partial charge in [0, 0.05) is 11.8 Å². The molecular weight excluding hydrogens is 216 g/mol. The summed E-state index contributed by atoms with van der Waals surface area (Å²) in [4.78, 5) is 4.25. The topological polar surface area (TPSA) is 76.4 Å². The first-order valence-corrected chi connectivity index (χ1v) is 5.13. The Morgan fingerprint density at radius 3 is 2.65 bits per heavy atom. The zero-order valence-corrected chi connectivity index (χ0v) is 8.91. The van der Waals surface area contributed by atoms with Crippen molar-refractivity contribution in [1.29, 1.82) is 0 Å². The number of hydrogen-bond acceptors (Lipinski definition) is 4. The number of nitrogens with two attached hydrogens (primary N) is 1. The predicted molar refractivity (Wildman–Crippen MR) is 64.5 cm³/mol. The van der Waals surface area contributed by atoms with Crippen LogP contribution in [0.25, 0.3) is 16.8 Å². The molecule has 0 fully saturated rings. The van der Waals surface area contributed by atoms with Crippen LogP contribution in [0, 0.1) is 0 Å². The summed E-state index contributed by atoms with van der Waals surface area (Å²) in [6.45, 7) is 0. The summed E-state index contributed by atoms with van der Waals surface area (Å²) in [5.74, 6) is 0.690. The standard InChI is InChI=1S/C12H10N4O/c13-11-5-6-16-12(15-11)10(7-14-16)8-1-3-9(17)4-2-8/h1-7,17H,(H2,13,15). The smallest absolute Gasteiger partial charge is 0.165 e. The van der Waals surface area contributed by atoms with Gasteiger partial charge in [0.05, 0.1) is 6.20 Å². The van der Waals surface area contributed by atoms with Gasteiger partial charge in [0.1, 0.15) is 11.6 Å². The Hall–Kier alpha value is -2.56. The molecule has 2 heterocycles. The van der Waals surface area contributed by atoms with E-state index in [-0.39, 0.29) is 5.75 Å². The molecule has 84 valence electrons. The lowest BCUT2D eigenvalue weighted by Crippen LogP contribution is -1.95. The van der Waals surface area contributed by atoms with Crippen LogP contribution in [-0.2, 0) is 0 Å². The molecule has 0 aliphatic heterocycles. The second-order valence-electron chi connectivity index (χ2n) is 3.73. The predicted octanol–water partition coefficient (Wildman–Crippen LogP) is 1.68. The highest BCUT2D eigenvalue weighted by Gasteiger charge is 2.07. The van der Waals surface area contributed by atoms with Gasteiger partial charge < -0.3 is 10.8 Å². The van der Waals surface area contributed by atoms with Crippen molar-refractivity contribution < 1.29 is 5.11 Å². The molecule has 0 saturated carbocycles. The molecule has 1 aromatic carbocycles. The molecule has 0 saturated heterocycles. The number of aromatic hydroxyl groups is 1. The summed E-state index contributed by atoms with van der Waals surface area (Å²) in [5, 5.41) is 13.4. The van der Waals surface area contributed by atoms with Gasteiger partial charge in [0.25, 0.3) is 0 Å². The number of benzene rings is 1. The molecule has 0 spiro atoms. The molecule has 0 bridgehead atoms. The molecule has 5 heteroatoms. The van der Waals surface area contributed by atoms with Gasteiger partial charge in [-0.2, -0.15) is 5.10 Å². The number of anilines is 1. The first-order chi connectivity index (χ1) is 8.24. The van der Waals surface area contributed by atoms with Crippen molar-refractivity contribution in [1.82, 2.24) is 14.6 Å². The van der Waals surface area contributed by atoms with Gasteiger partial charge in [0.2, 0.25) is 0 Å². The molecule has 3 N–H and O–H groups in total. The van der Waals surface area contributed by atoms with Crippen LogP contribution in [0.1, 0.15) is 0 Å². The van der Waals surface area contributed by atoms with E-state index >= 15 is 0 Å². The first kappa shape index (κ1) is 9.65. The van der Waals surface area contributed by atoms with E-state index in [4.69, 9.17) is 5.73 Å². The number of hydrogen-bond donors (Lipinski definition) is 2. The largest absolute Gasteiger partial charge is 0.508 e. The van der Waals surface area contributed by atoms with Gasteiger partial charge in [-0.25, -0.2) is 9.50 Å². The van der Waals surface area contributed by atoms with Crippen molar-refractivity contribution in [2.45, 2.75) is 0 Å². The zero-order chi connectivity index (χ0) is 11.8. The van der Waals surface area contributed by atoms with E-state index in [0.29, 0.717) is 11.5 Å².